The first-order chi connectivity index (χ1) is 35.1. The fourth-order valence-corrected chi connectivity index (χ4v) is 10.3. The molecular formula is C65H39N5O. The first-order valence-corrected chi connectivity index (χ1v) is 23.8. The quantitative estimate of drug-likeness (QED) is 0.159. The van der Waals surface area contributed by atoms with Crippen molar-refractivity contribution >= 4 is 65.0 Å². The van der Waals surface area contributed by atoms with E-state index in [1.807, 2.05) is 18.2 Å². The lowest BCUT2D eigenvalue weighted by Crippen LogP contribution is -2.00. The van der Waals surface area contributed by atoms with Gasteiger partial charge in [0.05, 0.1) is 22.8 Å². The fraction of sp³-hybridized carbons (Fsp3) is 0. The van der Waals surface area contributed by atoms with Crippen LogP contribution in [0.5, 0.6) is 0 Å². The average molecular weight is 906 g/mol. The van der Waals surface area contributed by atoms with Gasteiger partial charge >= 0.3 is 0 Å². The Morgan fingerprint density at radius 2 is 0.577 bits per heavy atom. The average Bonchev–Trinajstić information content (AvgIpc) is 3.90. The van der Waals surface area contributed by atoms with Crippen LogP contribution in [0.2, 0.25) is 0 Å². The van der Waals surface area contributed by atoms with E-state index in [4.69, 9.17) is 29.3 Å². The highest BCUT2D eigenvalue weighted by Crippen LogP contribution is 2.40. The minimum absolute atomic E-state index is 0.471. The van der Waals surface area contributed by atoms with Gasteiger partial charge in [0.2, 0.25) is 5.89 Å². The molecule has 71 heavy (non-hydrogen) atoms. The molecule has 0 N–H and O–H groups in total. The van der Waals surface area contributed by atoms with Gasteiger partial charge in [-0.05, 0) is 84.9 Å². The molecule has 0 saturated carbocycles. The predicted molar refractivity (Wildman–Crippen MR) is 291 cm³/mol. The maximum Gasteiger partial charge on any atom is 0.227 e. The smallest absolute Gasteiger partial charge is 0.227 e. The molecule has 6 nitrogen and oxygen atoms in total. The van der Waals surface area contributed by atoms with Gasteiger partial charge in [0.25, 0.3) is 0 Å². The molecule has 3 heterocycles. The van der Waals surface area contributed by atoms with E-state index in [2.05, 4.69) is 218 Å². The molecule has 14 rings (SSSR count). The van der Waals surface area contributed by atoms with E-state index < -0.39 is 0 Å². The Morgan fingerprint density at radius 3 is 0.972 bits per heavy atom. The Balaban J connectivity index is 1.06. The van der Waals surface area contributed by atoms with Crippen molar-refractivity contribution in [3.63, 3.8) is 0 Å². The van der Waals surface area contributed by atoms with Crippen molar-refractivity contribution in [2.24, 2.45) is 0 Å². The number of rotatable bonds is 7. The summed E-state index contributed by atoms with van der Waals surface area (Å²) in [5.74, 6) is 1.56. The molecule has 6 heteroatoms. The van der Waals surface area contributed by atoms with Crippen LogP contribution in [-0.2, 0) is 0 Å². The molecule has 0 amide bonds. The van der Waals surface area contributed by atoms with Crippen molar-refractivity contribution in [1.82, 2.24) is 24.9 Å². The normalized spacial score (nSPS) is 11.7. The number of oxazole rings is 1. The topological polar surface area (TPSA) is 77.6 Å². The van der Waals surface area contributed by atoms with E-state index in [1.165, 1.54) is 0 Å². The molecule has 0 aliphatic heterocycles. The van der Waals surface area contributed by atoms with Gasteiger partial charge in [-0.15, -0.1) is 0 Å². The molecule has 0 aliphatic carbocycles. The minimum Gasteiger partial charge on any atom is -0.436 e. The van der Waals surface area contributed by atoms with Crippen molar-refractivity contribution in [3.8, 4) is 79.3 Å². The highest BCUT2D eigenvalue weighted by atomic mass is 16.3. The number of fused-ring (bicyclic) bond motifs is 7. The van der Waals surface area contributed by atoms with Gasteiger partial charge in [0, 0.05) is 44.3 Å². The van der Waals surface area contributed by atoms with Gasteiger partial charge in [-0.1, -0.05) is 200 Å². The predicted octanol–water partition coefficient (Wildman–Crippen LogP) is 16.8. The molecule has 14 aromatic rings. The second-order valence-electron chi connectivity index (χ2n) is 18.0. The standard InChI is InChI=1S/C65H39N5O/c1-6-24-48-40(15-1)20-11-29-53(48)57-38-58(54-30-12-21-41-16-2-7-25-49(41)54)67-63(66-57)45-35-46(37-47(36-45)65-70-62-52-28-10-5-19-44(52)33-34-61(62)71-65)64-68-59(55-31-13-22-42-17-3-8-26-50(42)55)39-60(69-64)56-32-14-23-43-18-4-9-27-51(43)56/h1-39H. The van der Waals surface area contributed by atoms with E-state index in [9.17, 15) is 0 Å². The van der Waals surface area contributed by atoms with Crippen molar-refractivity contribution in [2.75, 3.05) is 0 Å². The van der Waals surface area contributed by atoms with Crippen molar-refractivity contribution < 1.29 is 4.42 Å². The summed E-state index contributed by atoms with van der Waals surface area (Å²) < 4.78 is 6.72. The molecule has 0 radical (unpaired) electrons. The van der Waals surface area contributed by atoms with E-state index in [0.29, 0.717) is 23.1 Å². The zero-order chi connectivity index (χ0) is 46.8. The monoisotopic (exact) mass is 905 g/mol. The van der Waals surface area contributed by atoms with E-state index in [0.717, 1.165) is 121 Å². The number of nitrogens with zero attached hydrogens (tertiary/aromatic N) is 5. The lowest BCUT2D eigenvalue weighted by atomic mass is 9.97. The molecule has 0 saturated heterocycles. The van der Waals surface area contributed by atoms with Crippen LogP contribution in [0.15, 0.2) is 241 Å². The minimum atomic E-state index is 0.471. The number of hydrogen-bond donors (Lipinski definition) is 0. The molecule has 3 aromatic heterocycles. The molecule has 0 aliphatic rings. The maximum atomic E-state index is 6.72. The van der Waals surface area contributed by atoms with Crippen LogP contribution in [0.4, 0.5) is 0 Å². The molecule has 11 aromatic carbocycles. The zero-order valence-electron chi connectivity index (χ0n) is 38.2. The third-order valence-electron chi connectivity index (χ3n) is 13.7. The maximum absolute atomic E-state index is 6.72. The Hall–Kier alpha value is -9.65. The van der Waals surface area contributed by atoms with Crippen LogP contribution in [0.1, 0.15) is 0 Å². The largest absolute Gasteiger partial charge is 0.436 e. The van der Waals surface area contributed by atoms with Crippen LogP contribution < -0.4 is 0 Å². The molecule has 330 valence electrons. The van der Waals surface area contributed by atoms with Gasteiger partial charge in [0.15, 0.2) is 17.2 Å². The van der Waals surface area contributed by atoms with Gasteiger partial charge < -0.3 is 4.42 Å². The van der Waals surface area contributed by atoms with Crippen molar-refractivity contribution in [1.29, 1.82) is 0 Å². The summed E-state index contributed by atoms with van der Waals surface area (Å²) in [4.78, 5) is 27.1. The molecule has 0 fully saturated rings. The van der Waals surface area contributed by atoms with Crippen LogP contribution >= 0.6 is 0 Å². The summed E-state index contributed by atoms with van der Waals surface area (Å²) in [6, 6.07) is 82.3. The highest BCUT2D eigenvalue weighted by Gasteiger charge is 2.21. The van der Waals surface area contributed by atoms with Gasteiger partial charge in [0.1, 0.15) is 5.52 Å². The van der Waals surface area contributed by atoms with Crippen molar-refractivity contribution in [2.45, 2.75) is 0 Å². The Bertz CT molecular complexity index is 4000. The molecular weight excluding hydrogens is 867 g/mol. The summed E-state index contributed by atoms with van der Waals surface area (Å²) in [6.07, 6.45) is 0. The Labute approximate surface area is 408 Å². The fourth-order valence-electron chi connectivity index (χ4n) is 10.3. The lowest BCUT2D eigenvalue weighted by molar-refractivity contribution is 0.620. The number of aromatic nitrogens is 5. The second kappa shape index (κ2) is 16.5. The summed E-state index contributed by atoms with van der Waals surface area (Å²) in [5.41, 5.74) is 11.1. The second-order valence-corrected chi connectivity index (χ2v) is 18.0. The van der Waals surface area contributed by atoms with Gasteiger partial charge in [-0.3, -0.25) is 0 Å². The molecule has 0 bridgehead atoms. The summed E-state index contributed by atoms with van der Waals surface area (Å²) in [6.45, 7) is 0. The molecule has 0 atom stereocenters. The zero-order valence-corrected chi connectivity index (χ0v) is 38.2. The first-order valence-electron chi connectivity index (χ1n) is 23.8. The summed E-state index contributed by atoms with van der Waals surface area (Å²) in [5, 5.41) is 11.1. The van der Waals surface area contributed by atoms with E-state index in [1.54, 1.807) is 0 Å². The van der Waals surface area contributed by atoms with Crippen LogP contribution in [0, 0.1) is 0 Å². The number of hydrogen-bond acceptors (Lipinski definition) is 6. The molecule has 0 spiro atoms. The van der Waals surface area contributed by atoms with Gasteiger partial charge in [-0.2, -0.15) is 0 Å². The highest BCUT2D eigenvalue weighted by molar-refractivity contribution is 6.05. The van der Waals surface area contributed by atoms with E-state index >= 15 is 0 Å². The summed E-state index contributed by atoms with van der Waals surface area (Å²) in [7, 11) is 0. The Kier molecular flexibility index (Phi) is 9.42. The SMILES string of the molecule is c1ccc2c(-c3cc(-c4cccc5ccccc45)nc(-c4cc(-c5nc(-c6cccc7ccccc67)cc(-c6cccc7ccccc67)n5)cc(-c5nc6c(ccc7ccccc76)o5)c4)n3)cccc2c1. The van der Waals surface area contributed by atoms with Crippen molar-refractivity contribution in [3.05, 3.63) is 237 Å². The first kappa shape index (κ1) is 40.4. The van der Waals surface area contributed by atoms with Crippen LogP contribution in [-0.4, -0.2) is 24.9 Å². The molecule has 0 unspecified atom stereocenters. The third-order valence-corrected chi connectivity index (χ3v) is 13.7. The lowest BCUT2D eigenvalue weighted by Gasteiger charge is -2.15. The summed E-state index contributed by atoms with van der Waals surface area (Å²) >= 11 is 0. The third kappa shape index (κ3) is 7.08. The van der Waals surface area contributed by atoms with Gasteiger partial charge in [-0.25, -0.2) is 24.9 Å². The van der Waals surface area contributed by atoms with E-state index in [-0.39, 0.29) is 0 Å². The number of benzene rings is 11. The van der Waals surface area contributed by atoms with Crippen LogP contribution in [0.25, 0.3) is 144 Å². The Morgan fingerprint density at radius 1 is 0.254 bits per heavy atom. The van der Waals surface area contributed by atoms with Crippen LogP contribution in [0.3, 0.4) is 0 Å².